The maximum Gasteiger partial charge on any atom is 0.303 e. The first kappa shape index (κ1) is 27.9. The van der Waals surface area contributed by atoms with Gasteiger partial charge in [-0.15, -0.1) is 0 Å². The molecule has 3 unspecified atom stereocenters. The maximum atomic E-state index is 13.2. The minimum absolute atomic E-state index is 0.00197. The van der Waals surface area contributed by atoms with E-state index in [0.29, 0.717) is 18.8 Å². The molecule has 0 spiro atoms. The van der Waals surface area contributed by atoms with E-state index >= 15 is 0 Å². The van der Waals surface area contributed by atoms with Crippen LogP contribution in [0.4, 0.5) is 0 Å². The van der Waals surface area contributed by atoms with Crippen LogP contribution in [-0.2, 0) is 27.2 Å². The van der Waals surface area contributed by atoms with E-state index in [1.165, 1.54) is 0 Å². The van der Waals surface area contributed by atoms with Crippen molar-refractivity contribution in [2.45, 2.75) is 64.6 Å². The van der Waals surface area contributed by atoms with Gasteiger partial charge in [0, 0.05) is 6.42 Å². The number of amides is 2. The summed E-state index contributed by atoms with van der Waals surface area (Å²) in [5.74, 6) is -1.28. The third kappa shape index (κ3) is 9.78. The number of nitrogens with one attached hydrogen (secondary N) is 2. The Morgan fingerprint density at radius 2 is 1.66 bits per heavy atom. The summed E-state index contributed by atoms with van der Waals surface area (Å²) in [5, 5.41) is 25.3. The number of aliphatic hydroxyl groups excluding tert-OH is 1. The standard InChI is InChI=1S/C27H36N2O6/c1-4-35-21-12-8-11-20(15-21)17-24(31)29-26(18(2)3)27(34)28-22(23(30)13-14-25(32)33)16-19-9-6-5-7-10-19/h5-12,15,18,22-23,26,30H,4,13-14,16-17H2,1-3H3,(H,28,34)(H,29,31)(H,32,33). The molecule has 190 valence electrons. The highest BCUT2D eigenvalue weighted by Gasteiger charge is 2.29. The van der Waals surface area contributed by atoms with Gasteiger partial charge in [0.15, 0.2) is 0 Å². The van der Waals surface area contributed by atoms with Gasteiger partial charge in [-0.3, -0.25) is 14.4 Å². The van der Waals surface area contributed by atoms with E-state index in [0.717, 1.165) is 11.1 Å². The fourth-order valence-electron chi connectivity index (χ4n) is 3.75. The Balaban J connectivity index is 2.09. The highest BCUT2D eigenvalue weighted by molar-refractivity contribution is 5.88. The number of benzene rings is 2. The van der Waals surface area contributed by atoms with Gasteiger partial charge in [-0.1, -0.05) is 56.3 Å². The van der Waals surface area contributed by atoms with Crippen molar-refractivity contribution in [3.63, 3.8) is 0 Å². The average molecular weight is 485 g/mol. The third-order valence-corrected chi connectivity index (χ3v) is 5.58. The summed E-state index contributed by atoms with van der Waals surface area (Å²) in [6.45, 7) is 6.06. The number of carbonyl (C=O) groups excluding carboxylic acids is 2. The van der Waals surface area contributed by atoms with E-state index in [-0.39, 0.29) is 31.1 Å². The topological polar surface area (TPSA) is 125 Å². The molecule has 0 bridgehead atoms. The molecule has 0 aromatic heterocycles. The molecule has 0 saturated carbocycles. The van der Waals surface area contributed by atoms with E-state index in [1.54, 1.807) is 6.07 Å². The highest BCUT2D eigenvalue weighted by atomic mass is 16.5. The molecule has 2 aromatic carbocycles. The molecule has 2 aromatic rings. The molecular weight excluding hydrogens is 448 g/mol. The lowest BCUT2D eigenvalue weighted by Gasteiger charge is -2.28. The number of hydrogen-bond donors (Lipinski definition) is 4. The minimum Gasteiger partial charge on any atom is -0.494 e. The Labute approximate surface area is 206 Å². The summed E-state index contributed by atoms with van der Waals surface area (Å²) in [4.78, 5) is 36.9. The molecule has 8 heteroatoms. The molecule has 2 amide bonds. The molecule has 0 aliphatic rings. The number of aliphatic hydroxyl groups is 1. The predicted octanol–water partition coefficient (Wildman–Crippen LogP) is 2.72. The number of carboxylic acid groups (broad SMARTS) is 1. The molecule has 2 rings (SSSR count). The van der Waals surface area contributed by atoms with Crippen LogP contribution in [0.15, 0.2) is 54.6 Å². The largest absolute Gasteiger partial charge is 0.494 e. The van der Waals surface area contributed by atoms with E-state index in [2.05, 4.69) is 10.6 Å². The second-order valence-electron chi connectivity index (χ2n) is 8.85. The first-order chi connectivity index (χ1) is 16.7. The zero-order valence-electron chi connectivity index (χ0n) is 20.6. The average Bonchev–Trinajstić information content (AvgIpc) is 2.81. The van der Waals surface area contributed by atoms with Crippen LogP contribution in [0.1, 0.15) is 44.7 Å². The van der Waals surface area contributed by atoms with Gasteiger partial charge in [0.25, 0.3) is 0 Å². The van der Waals surface area contributed by atoms with Crippen LogP contribution in [0.5, 0.6) is 5.75 Å². The van der Waals surface area contributed by atoms with E-state index in [1.807, 2.05) is 69.3 Å². The van der Waals surface area contributed by atoms with Crippen LogP contribution >= 0.6 is 0 Å². The first-order valence-corrected chi connectivity index (χ1v) is 11.9. The van der Waals surface area contributed by atoms with Gasteiger partial charge in [-0.2, -0.15) is 0 Å². The van der Waals surface area contributed by atoms with Gasteiger partial charge < -0.3 is 25.6 Å². The zero-order valence-corrected chi connectivity index (χ0v) is 20.6. The summed E-state index contributed by atoms with van der Waals surface area (Å²) in [6.07, 6.45) is -0.849. The van der Waals surface area contributed by atoms with Crippen LogP contribution in [0, 0.1) is 5.92 Å². The number of ether oxygens (including phenoxy) is 1. The Kier molecular flexibility index (Phi) is 11.2. The second-order valence-corrected chi connectivity index (χ2v) is 8.85. The summed E-state index contributed by atoms with van der Waals surface area (Å²) in [7, 11) is 0. The molecule has 0 heterocycles. The SMILES string of the molecule is CCOc1cccc(CC(=O)NC(C(=O)NC(Cc2ccccc2)C(O)CCC(=O)O)C(C)C)c1. The van der Waals surface area contributed by atoms with Crippen molar-refractivity contribution >= 4 is 17.8 Å². The van der Waals surface area contributed by atoms with E-state index in [4.69, 9.17) is 9.84 Å². The Bertz CT molecular complexity index is 963. The lowest BCUT2D eigenvalue weighted by molar-refractivity contribution is -0.137. The first-order valence-electron chi connectivity index (χ1n) is 11.9. The fraction of sp³-hybridized carbons (Fsp3) is 0.444. The third-order valence-electron chi connectivity index (χ3n) is 5.58. The number of carbonyl (C=O) groups is 3. The van der Waals surface area contributed by atoms with Crippen LogP contribution in [0.25, 0.3) is 0 Å². The Hall–Kier alpha value is -3.39. The monoisotopic (exact) mass is 484 g/mol. The summed E-state index contributed by atoms with van der Waals surface area (Å²) in [5.41, 5.74) is 1.66. The van der Waals surface area contributed by atoms with Gasteiger partial charge in [0.05, 0.1) is 25.2 Å². The van der Waals surface area contributed by atoms with Gasteiger partial charge in [-0.05, 0) is 48.9 Å². The van der Waals surface area contributed by atoms with Crippen LogP contribution in [0.2, 0.25) is 0 Å². The van der Waals surface area contributed by atoms with Crippen molar-refractivity contribution in [3.8, 4) is 5.75 Å². The predicted molar refractivity (Wildman–Crippen MR) is 133 cm³/mol. The zero-order chi connectivity index (χ0) is 25.8. The smallest absolute Gasteiger partial charge is 0.303 e. The summed E-state index contributed by atoms with van der Waals surface area (Å²) >= 11 is 0. The number of carboxylic acids is 1. The van der Waals surface area contributed by atoms with Crippen LogP contribution in [0.3, 0.4) is 0 Å². The molecule has 0 radical (unpaired) electrons. The molecule has 3 atom stereocenters. The number of hydrogen-bond acceptors (Lipinski definition) is 5. The summed E-state index contributed by atoms with van der Waals surface area (Å²) < 4.78 is 5.48. The van der Waals surface area contributed by atoms with E-state index < -0.39 is 30.1 Å². The van der Waals surface area contributed by atoms with Crippen molar-refractivity contribution in [2.24, 2.45) is 5.92 Å². The molecule has 0 saturated heterocycles. The normalized spacial score (nSPS) is 13.5. The molecule has 8 nitrogen and oxygen atoms in total. The highest BCUT2D eigenvalue weighted by Crippen LogP contribution is 2.15. The van der Waals surface area contributed by atoms with Crippen LogP contribution in [-0.4, -0.2) is 52.8 Å². The Morgan fingerprint density at radius 1 is 0.971 bits per heavy atom. The van der Waals surface area contributed by atoms with Crippen molar-refractivity contribution in [3.05, 3.63) is 65.7 Å². The van der Waals surface area contributed by atoms with Crippen molar-refractivity contribution in [2.75, 3.05) is 6.61 Å². The van der Waals surface area contributed by atoms with E-state index in [9.17, 15) is 19.5 Å². The second kappa shape index (κ2) is 14.1. The summed E-state index contributed by atoms with van der Waals surface area (Å²) in [6, 6.07) is 15.1. The van der Waals surface area contributed by atoms with Crippen molar-refractivity contribution < 1.29 is 29.3 Å². The van der Waals surface area contributed by atoms with Gasteiger partial charge >= 0.3 is 5.97 Å². The van der Waals surface area contributed by atoms with Gasteiger partial charge in [0.2, 0.25) is 11.8 Å². The number of aliphatic carboxylic acids is 1. The maximum absolute atomic E-state index is 13.2. The Morgan fingerprint density at radius 3 is 2.29 bits per heavy atom. The van der Waals surface area contributed by atoms with Gasteiger partial charge in [-0.25, -0.2) is 0 Å². The lowest BCUT2D eigenvalue weighted by atomic mass is 9.96. The molecule has 0 fully saturated rings. The van der Waals surface area contributed by atoms with Crippen molar-refractivity contribution in [1.82, 2.24) is 10.6 Å². The fourth-order valence-corrected chi connectivity index (χ4v) is 3.75. The van der Waals surface area contributed by atoms with Gasteiger partial charge in [0.1, 0.15) is 11.8 Å². The molecule has 0 aliphatic carbocycles. The van der Waals surface area contributed by atoms with Crippen LogP contribution < -0.4 is 15.4 Å². The lowest BCUT2D eigenvalue weighted by Crippen LogP contribution is -2.55. The van der Waals surface area contributed by atoms with Crippen molar-refractivity contribution in [1.29, 1.82) is 0 Å². The quantitative estimate of drug-likeness (QED) is 0.327. The molecule has 0 aliphatic heterocycles. The minimum atomic E-state index is -1.06. The molecule has 35 heavy (non-hydrogen) atoms. The molecular formula is C27H36N2O6. The number of rotatable bonds is 14. The molecule has 4 N–H and O–H groups in total.